The average molecular weight is 381 g/mol. The Morgan fingerprint density at radius 3 is 2.89 bits per heavy atom. The van der Waals surface area contributed by atoms with Crippen LogP contribution < -0.4 is 15.8 Å². The summed E-state index contributed by atoms with van der Waals surface area (Å²) in [5.74, 6) is 1.68. The molecule has 0 aliphatic carbocycles. The Labute approximate surface area is 162 Å². The minimum absolute atomic E-state index is 0.0650. The van der Waals surface area contributed by atoms with Gasteiger partial charge in [0.2, 0.25) is 0 Å². The highest BCUT2D eigenvalue weighted by molar-refractivity contribution is 6.06. The van der Waals surface area contributed by atoms with Crippen molar-refractivity contribution in [2.24, 2.45) is 10.7 Å². The number of aromatic nitrogens is 1. The molecule has 8 heteroatoms. The molecular weight excluding hydrogens is 358 g/mol. The zero-order valence-corrected chi connectivity index (χ0v) is 15.7. The molecule has 4 N–H and O–H groups in total. The zero-order valence-electron chi connectivity index (χ0n) is 15.7. The number of amides is 1. The molecule has 146 valence electrons. The minimum atomic E-state index is -0.348. The Balaban J connectivity index is 1.46. The van der Waals surface area contributed by atoms with Gasteiger partial charge < -0.3 is 19.9 Å². The molecule has 2 aromatic heterocycles. The third-order valence-corrected chi connectivity index (χ3v) is 4.75. The number of benzene rings is 1. The molecule has 0 unspecified atom stereocenters. The van der Waals surface area contributed by atoms with Gasteiger partial charge in [0, 0.05) is 30.1 Å². The number of fused-ring (bicyclic) bond motifs is 1. The van der Waals surface area contributed by atoms with E-state index in [2.05, 4.69) is 20.2 Å². The fourth-order valence-electron chi connectivity index (χ4n) is 3.31. The number of carbonyl (C=O) groups is 1. The maximum Gasteiger partial charge on any atom is 0.290 e. The molecule has 0 spiro atoms. The standard InChI is InChI=1S/C20H23N5O3/c1-22-20(21)24-19(26)17-10-13-4-5-14(11-16(13)23-17)27-18-7-6-15(28-18)12-25-8-2-3-9-25/h4-7,10-11,23H,2-3,8-9,12H2,1H3,(H3,21,22,24,26). The highest BCUT2D eigenvalue weighted by Crippen LogP contribution is 2.28. The van der Waals surface area contributed by atoms with Crippen molar-refractivity contribution < 1.29 is 13.9 Å². The smallest absolute Gasteiger partial charge is 0.290 e. The van der Waals surface area contributed by atoms with Gasteiger partial charge in [-0.05, 0) is 50.2 Å². The van der Waals surface area contributed by atoms with Crippen LogP contribution in [0.5, 0.6) is 11.7 Å². The summed E-state index contributed by atoms with van der Waals surface area (Å²) in [6.45, 7) is 3.04. The molecular formula is C20H23N5O3. The number of nitrogens with one attached hydrogen (secondary N) is 2. The lowest BCUT2D eigenvalue weighted by atomic mass is 10.2. The van der Waals surface area contributed by atoms with Crippen LogP contribution in [0.1, 0.15) is 29.1 Å². The van der Waals surface area contributed by atoms with Gasteiger partial charge in [0.15, 0.2) is 5.96 Å². The summed E-state index contributed by atoms with van der Waals surface area (Å²) in [5.41, 5.74) is 6.71. The van der Waals surface area contributed by atoms with Crippen molar-refractivity contribution in [3.8, 4) is 11.7 Å². The van der Waals surface area contributed by atoms with E-state index in [4.69, 9.17) is 14.9 Å². The number of aromatic amines is 1. The van der Waals surface area contributed by atoms with Gasteiger partial charge in [0.25, 0.3) is 11.9 Å². The van der Waals surface area contributed by atoms with Gasteiger partial charge in [-0.25, -0.2) is 0 Å². The quantitative estimate of drug-likeness (QED) is 0.465. The number of furan rings is 1. The van der Waals surface area contributed by atoms with E-state index in [0.29, 0.717) is 17.4 Å². The molecule has 3 heterocycles. The highest BCUT2D eigenvalue weighted by Gasteiger charge is 2.15. The van der Waals surface area contributed by atoms with Gasteiger partial charge in [-0.2, -0.15) is 0 Å². The van der Waals surface area contributed by atoms with E-state index in [-0.39, 0.29) is 11.9 Å². The summed E-state index contributed by atoms with van der Waals surface area (Å²) in [6, 6.07) is 11.1. The Hall–Kier alpha value is -3.26. The molecule has 4 rings (SSSR count). The van der Waals surface area contributed by atoms with Crippen LogP contribution in [0.2, 0.25) is 0 Å². The predicted molar refractivity (Wildman–Crippen MR) is 107 cm³/mol. The van der Waals surface area contributed by atoms with Crippen molar-refractivity contribution in [1.29, 1.82) is 0 Å². The van der Waals surface area contributed by atoms with Crippen LogP contribution in [0.4, 0.5) is 0 Å². The van der Waals surface area contributed by atoms with Crippen molar-refractivity contribution >= 4 is 22.8 Å². The maximum atomic E-state index is 12.2. The normalized spacial score (nSPS) is 15.2. The second kappa shape index (κ2) is 7.77. The van der Waals surface area contributed by atoms with Crippen LogP contribution in [-0.2, 0) is 6.54 Å². The molecule has 0 atom stereocenters. The monoisotopic (exact) mass is 381 g/mol. The number of guanidine groups is 1. The summed E-state index contributed by atoms with van der Waals surface area (Å²) in [5, 5.41) is 3.39. The molecule has 1 aliphatic heterocycles. The van der Waals surface area contributed by atoms with E-state index in [1.807, 2.05) is 30.3 Å². The zero-order chi connectivity index (χ0) is 19.5. The minimum Gasteiger partial charge on any atom is -0.429 e. The molecule has 3 aromatic rings. The van der Waals surface area contributed by atoms with Crippen molar-refractivity contribution in [2.75, 3.05) is 20.1 Å². The SMILES string of the molecule is CN=C(N)NC(=O)c1cc2ccc(Oc3ccc(CN4CCCC4)o3)cc2[nH]1. The molecule has 1 aliphatic rings. The van der Waals surface area contributed by atoms with Crippen LogP contribution in [0.25, 0.3) is 10.9 Å². The fraction of sp³-hybridized carbons (Fsp3) is 0.300. The lowest BCUT2D eigenvalue weighted by Gasteiger charge is -2.11. The van der Waals surface area contributed by atoms with Gasteiger partial charge >= 0.3 is 0 Å². The number of hydrogen-bond donors (Lipinski definition) is 3. The predicted octanol–water partition coefficient (Wildman–Crippen LogP) is 2.82. The van der Waals surface area contributed by atoms with Gasteiger partial charge in [-0.3, -0.25) is 20.0 Å². The number of likely N-dealkylation sites (tertiary alicyclic amines) is 1. The molecule has 1 aromatic carbocycles. The third-order valence-electron chi connectivity index (χ3n) is 4.75. The summed E-state index contributed by atoms with van der Waals surface area (Å²) in [7, 11) is 1.51. The highest BCUT2D eigenvalue weighted by atomic mass is 16.6. The molecule has 28 heavy (non-hydrogen) atoms. The Morgan fingerprint density at radius 1 is 1.29 bits per heavy atom. The van der Waals surface area contributed by atoms with E-state index < -0.39 is 0 Å². The molecule has 8 nitrogen and oxygen atoms in total. The van der Waals surface area contributed by atoms with E-state index in [1.165, 1.54) is 19.9 Å². The van der Waals surface area contributed by atoms with Crippen LogP contribution in [0, 0.1) is 0 Å². The number of ether oxygens (including phenoxy) is 1. The first-order chi connectivity index (χ1) is 13.6. The number of nitrogens with zero attached hydrogens (tertiary/aromatic N) is 2. The Bertz CT molecular complexity index is 1010. The topological polar surface area (TPSA) is 109 Å². The van der Waals surface area contributed by atoms with Crippen LogP contribution in [0.15, 0.2) is 45.8 Å². The first-order valence-electron chi connectivity index (χ1n) is 9.26. The molecule has 1 fully saturated rings. The number of rotatable bonds is 5. The molecule has 0 radical (unpaired) electrons. The first kappa shape index (κ1) is 18.1. The van der Waals surface area contributed by atoms with Crippen molar-refractivity contribution in [3.05, 3.63) is 47.9 Å². The molecule has 0 saturated carbocycles. The summed E-state index contributed by atoms with van der Waals surface area (Å²) >= 11 is 0. The van der Waals surface area contributed by atoms with E-state index in [9.17, 15) is 4.79 Å². The van der Waals surface area contributed by atoms with Crippen molar-refractivity contribution in [1.82, 2.24) is 15.2 Å². The van der Waals surface area contributed by atoms with Gasteiger partial charge in [0.1, 0.15) is 17.2 Å². The number of H-pyrrole nitrogens is 1. The van der Waals surface area contributed by atoms with Crippen molar-refractivity contribution in [2.45, 2.75) is 19.4 Å². The maximum absolute atomic E-state index is 12.2. The van der Waals surface area contributed by atoms with Crippen molar-refractivity contribution in [3.63, 3.8) is 0 Å². The Kier molecular flexibility index (Phi) is 5.03. The average Bonchev–Trinajstić information content (AvgIpc) is 3.43. The van der Waals surface area contributed by atoms with Crippen LogP contribution in [0.3, 0.4) is 0 Å². The number of nitrogens with two attached hydrogens (primary N) is 1. The van der Waals surface area contributed by atoms with Crippen LogP contribution in [-0.4, -0.2) is 41.9 Å². The van der Waals surface area contributed by atoms with Crippen LogP contribution >= 0.6 is 0 Å². The van der Waals surface area contributed by atoms with Gasteiger partial charge in [-0.1, -0.05) is 0 Å². The number of aliphatic imine (C=N–C) groups is 1. The molecule has 0 bridgehead atoms. The Morgan fingerprint density at radius 2 is 2.11 bits per heavy atom. The summed E-state index contributed by atoms with van der Waals surface area (Å²) in [4.78, 5) is 21.3. The fourth-order valence-corrected chi connectivity index (χ4v) is 3.31. The second-order valence-corrected chi connectivity index (χ2v) is 6.80. The van der Waals surface area contributed by atoms with E-state index in [1.54, 1.807) is 6.07 Å². The van der Waals surface area contributed by atoms with E-state index in [0.717, 1.165) is 36.3 Å². The second-order valence-electron chi connectivity index (χ2n) is 6.80. The molecule has 1 amide bonds. The largest absolute Gasteiger partial charge is 0.429 e. The van der Waals surface area contributed by atoms with Gasteiger partial charge in [-0.15, -0.1) is 0 Å². The third kappa shape index (κ3) is 4.01. The number of carbonyl (C=O) groups excluding carboxylic acids is 1. The summed E-state index contributed by atoms with van der Waals surface area (Å²) in [6.07, 6.45) is 2.50. The van der Waals surface area contributed by atoms with E-state index >= 15 is 0 Å². The number of hydrogen-bond acceptors (Lipinski definition) is 5. The lowest BCUT2D eigenvalue weighted by molar-refractivity contribution is 0.0972. The lowest BCUT2D eigenvalue weighted by Crippen LogP contribution is -2.36. The summed E-state index contributed by atoms with van der Waals surface area (Å²) < 4.78 is 11.6. The molecule has 1 saturated heterocycles. The van der Waals surface area contributed by atoms with Gasteiger partial charge in [0.05, 0.1) is 6.54 Å². The first-order valence-corrected chi connectivity index (χ1v) is 9.26.